The van der Waals surface area contributed by atoms with Crippen LogP contribution in [-0.4, -0.2) is 9.97 Å². The van der Waals surface area contributed by atoms with Crippen LogP contribution < -0.4 is 5.73 Å². The minimum Gasteiger partial charge on any atom is -0.441 e. The standard InChI is InChI=1S/C13H13N3OS/c1-8-15-11(7-18-8)9(14)6-13-16-10-4-2-3-5-12(10)17-13/h2-5,7,9H,6,14H2,1H3. The van der Waals surface area contributed by atoms with Crippen molar-refractivity contribution < 1.29 is 4.42 Å². The van der Waals surface area contributed by atoms with E-state index in [2.05, 4.69) is 9.97 Å². The van der Waals surface area contributed by atoms with Crippen LogP contribution in [0.25, 0.3) is 11.1 Å². The van der Waals surface area contributed by atoms with Crippen LogP contribution in [0.4, 0.5) is 0 Å². The number of benzene rings is 1. The first kappa shape index (κ1) is 11.4. The molecule has 4 nitrogen and oxygen atoms in total. The second-order valence-corrected chi connectivity index (χ2v) is 5.24. The van der Waals surface area contributed by atoms with Crippen LogP contribution in [0.3, 0.4) is 0 Å². The van der Waals surface area contributed by atoms with Crippen molar-refractivity contribution in [3.05, 3.63) is 46.2 Å². The van der Waals surface area contributed by atoms with E-state index in [4.69, 9.17) is 10.2 Å². The summed E-state index contributed by atoms with van der Waals surface area (Å²) < 4.78 is 5.65. The predicted molar refractivity (Wildman–Crippen MR) is 71.5 cm³/mol. The van der Waals surface area contributed by atoms with Gasteiger partial charge >= 0.3 is 0 Å². The lowest BCUT2D eigenvalue weighted by Crippen LogP contribution is -2.13. The number of rotatable bonds is 3. The molecule has 1 atom stereocenters. The number of fused-ring (bicyclic) bond motifs is 1. The van der Waals surface area contributed by atoms with Crippen molar-refractivity contribution in [2.24, 2.45) is 5.73 Å². The van der Waals surface area contributed by atoms with Gasteiger partial charge in [-0.05, 0) is 19.1 Å². The van der Waals surface area contributed by atoms with E-state index in [-0.39, 0.29) is 6.04 Å². The molecule has 0 aliphatic heterocycles. The van der Waals surface area contributed by atoms with Gasteiger partial charge in [-0.15, -0.1) is 11.3 Å². The summed E-state index contributed by atoms with van der Waals surface area (Å²) in [5, 5.41) is 3.01. The van der Waals surface area contributed by atoms with Crippen molar-refractivity contribution in [1.82, 2.24) is 9.97 Å². The van der Waals surface area contributed by atoms with Gasteiger partial charge in [0.15, 0.2) is 11.5 Å². The maximum Gasteiger partial charge on any atom is 0.197 e. The van der Waals surface area contributed by atoms with Crippen LogP contribution >= 0.6 is 11.3 Å². The van der Waals surface area contributed by atoms with Gasteiger partial charge < -0.3 is 10.2 Å². The molecule has 0 spiro atoms. The Kier molecular flexibility index (Phi) is 2.85. The van der Waals surface area contributed by atoms with Gasteiger partial charge in [-0.25, -0.2) is 9.97 Å². The highest BCUT2D eigenvalue weighted by atomic mass is 32.1. The highest BCUT2D eigenvalue weighted by Gasteiger charge is 2.14. The third-order valence-electron chi connectivity index (χ3n) is 2.75. The van der Waals surface area contributed by atoms with Crippen LogP contribution in [-0.2, 0) is 6.42 Å². The maximum absolute atomic E-state index is 6.11. The topological polar surface area (TPSA) is 64.9 Å². The molecule has 2 aromatic heterocycles. The first-order valence-corrected chi connectivity index (χ1v) is 6.62. The Hall–Kier alpha value is -1.72. The Labute approximate surface area is 108 Å². The van der Waals surface area contributed by atoms with Gasteiger partial charge in [0.25, 0.3) is 0 Å². The van der Waals surface area contributed by atoms with Crippen LogP contribution in [0.15, 0.2) is 34.1 Å². The summed E-state index contributed by atoms with van der Waals surface area (Å²) in [6.45, 7) is 1.97. The van der Waals surface area contributed by atoms with Crippen molar-refractivity contribution in [1.29, 1.82) is 0 Å². The maximum atomic E-state index is 6.11. The Morgan fingerprint density at radius 1 is 1.33 bits per heavy atom. The lowest BCUT2D eigenvalue weighted by molar-refractivity contribution is 0.499. The lowest BCUT2D eigenvalue weighted by atomic mass is 10.2. The number of nitrogens with zero attached hydrogens (tertiary/aromatic N) is 2. The van der Waals surface area contributed by atoms with E-state index in [0.717, 1.165) is 21.8 Å². The lowest BCUT2D eigenvalue weighted by Gasteiger charge is -2.04. The zero-order valence-corrected chi connectivity index (χ0v) is 10.8. The second kappa shape index (κ2) is 4.51. The van der Waals surface area contributed by atoms with Gasteiger partial charge in [0.2, 0.25) is 0 Å². The summed E-state index contributed by atoms with van der Waals surface area (Å²) in [7, 11) is 0. The van der Waals surface area contributed by atoms with E-state index in [1.165, 1.54) is 0 Å². The molecule has 2 heterocycles. The molecule has 0 saturated heterocycles. The Morgan fingerprint density at radius 2 is 2.17 bits per heavy atom. The van der Waals surface area contributed by atoms with Crippen molar-refractivity contribution in [2.75, 3.05) is 0 Å². The van der Waals surface area contributed by atoms with Crippen LogP contribution in [0.1, 0.15) is 22.6 Å². The van der Waals surface area contributed by atoms with Gasteiger partial charge in [0.05, 0.1) is 16.7 Å². The average Bonchev–Trinajstić information content (AvgIpc) is 2.94. The van der Waals surface area contributed by atoms with Crippen LogP contribution in [0.5, 0.6) is 0 Å². The number of hydrogen-bond acceptors (Lipinski definition) is 5. The monoisotopic (exact) mass is 259 g/mol. The van der Waals surface area contributed by atoms with Gasteiger partial charge in [-0.1, -0.05) is 12.1 Å². The predicted octanol–water partition coefficient (Wildman–Crippen LogP) is 2.84. The third kappa shape index (κ3) is 2.14. The van der Waals surface area contributed by atoms with E-state index in [9.17, 15) is 0 Å². The average molecular weight is 259 g/mol. The minimum absolute atomic E-state index is 0.164. The van der Waals surface area contributed by atoms with Crippen molar-refractivity contribution in [3.8, 4) is 0 Å². The van der Waals surface area contributed by atoms with Gasteiger partial charge in [0.1, 0.15) is 5.52 Å². The molecule has 0 fully saturated rings. The van der Waals surface area contributed by atoms with Crippen molar-refractivity contribution in [3.63, 3.8) is 0 Å². The van der Waals surface area contributed by atoms with Gasteiger partial charge in [-0.2, -0.15) is 0 Å². The van der Waals surface area contributed by atoms with Crippen LogP contribution in [0, 0.1) is 6.92 Å². The zero-order chi connectivity index (χ0) is 12.5. The molecule has 0 aliphatic rings. The first-order chi connectivity index (χ1) is 8.72. The van der Waals surface area contributed by atoms with E-state index >= 15 is 0 Å². The fourth-order valence-electron chi connectivity index (χ4n) is 1.85. The summed E-state index contributed by atoms with van der Waals surface area (Å²) >= 11 is 1.61. The molecule has 0 bridgehead atoms. The molecule has 92 valence electrons. The van der Waals surface area contributed by atoms with Crippen LogP contribution in [0.2, 0.25) is 0 Å². The molecular formula is C13H13N3OS. The van der Waals surface area contributed by atoms with E-state index in [0.29, 0.717) is 12.3 Å². The number of aromatic nitrogens is 2. The fourth-order valence-corrected chi connectivity index (χ4v) is 2.53. The number of oxazole rings is 1. The molecule has 1 unspecified atom stereocenters. The smallest absolute Gasteiger partial charge is 0.197 e. The molecule has 5 heteroatoms. The summed E-state index contributed by atoms with van der Waals surface area (Å²) in [4.78, 5) is 8.80. The number of aryl methyl sites for hydroxylation is 1. The number of nitrogens with two attached hydrogens (primary N) is 1. The summed E-state index contributed by atoms with van der Waals surface area (Å²) in [5.74, 6) is 0.661. The number of hydrogen-bond donors (Lipinski definition) is 1. The van der Waals surface area contributed by atoms with E-state index < -0.39 is 0 Å². The van der Waals surface area contributed by atoms with Crippen molar-refractivity contribution in [2.45, 2.75) is 19.4 Å². The Morgan fingerprint density at radius 3 is 2.89 bits per heavy atom. The fraction of sp³-hybridized carbons (Fsp3) is 0.231. The minimum atomic E-state index is -0.164. The highest BCUT2D eigenvalue weighted by Crippen LogP contribution is 2.21. The molecule has 1 aromatic carbocycles. The van der Waals surface area contributed by atoms with Crippen molar-refractivity contribution >= 4 is 22.4 Å². The Bertz CT molecular complexity index is 640. The first-order valence-electron chi connectivity index (χ1n) is 5.74. The van der Waals surface area contributed by atoms with Gasteiger partial charge in [-0.3, -0.25) is 0 Å². The second-order valence-electron chi connectivity index (χ2n) is 4.18. The third-order valence-corrected chi connectivity index (χ3v) is 3.54. The SMILES string of the molecule is Cc1nc(C(N)Cc2nc3ccccc3o2)cs1. The van der Waals surface area contributed by atoms with Gasteiger partial charge in [0, 0.05) is 11.8 Å². The summed E-state index contributed by atoms with van der Waals surface area (Å²) in [5.41, 5.74) is 8.68. The number of para-hydroxylation sites is 2. The highest BCUT2D eigenvalue weighted by molar-refractivity contribution is 7.09. The zero-order valence-electron chi connectivity index (χ0n) is 9.96. The Balaban J connectivity index is 1.83. The summed E-state index contributed by atoms with van der Waals surface area (Å²) in [6, 6.07) is 7.55. The molecule has 0 saturated carbocycles. The molecule has 0 radical (unpaired) electrons. The molecule has 3 aromatic rings. The molecule has 18 heavy (non-hydrogen) atoms. The largest absolute Gasteiger partial charge is 0.441 e. The molecule has 0 amide bonds. The van der Waals surface area contributed by atoms with E-state index in [1.54, 1.807) is 11.3 Å². The molecule has 2 N–H and O–H groups in total. The normalized spacial score (nSPS) is 13.0. The number of thiazole rings is 1. The molecular weight excluding hydrogens is 246 g/mol. The quantitative estimate of drug-likeness (QED) is 0.785. The summed E-state index contributed by atoms with van der Waals surface area (Å²) in [6.07, 6.45) is 0.567. The molecule has 0 aliphatic carbocycles. The molecule has 3 rings (SSSR count). The van der Waals surface area contributed by atoms with E-state index in [1.807, 2.05) is 36.6 Å².